The van der Waals surface area contributed by atoms with Crippen molar-refractivity contribution in [2.75, 3.05) is 12.4 Å². The molecule has 3 rings (SSSR count). The number of carbonyl (C=O) groups is 2. The number of pyridine rings is 1. The molecule has 1 N–H and O–H groups in total. The normalized spacial score (nSPS) is 11.1. The first-order valence-corrected chi connectivity index (χ1v) is 12.0. The molecule has 0 aliphatic heterocycles. The van der Waals surface area contributed by atoms with Crippen LogP contribution in [-0.4, -0.2) is 33.8 Å². The first kappa shape index (κ1) is 25.3. The molecule has 176 valence electrons. The van der Waals surface area contributed by atoms with E-state index in [0.717, 1.165) is 27.5 Å². The molecule has 0 saturated carbocycles. The molecule has 0 aliphatic carbocycles. The molecule has 6 nitrogen and oxygen atoms in total. The second kappa shape index (κ2) is 11.2. The van der Waals surface area contributed by atoms with E-state index in [1.807, 2.05) is 38.1 Å². The molecule has 0 fully saturated rings. The van der Waals surface area contributed by atoms with E-state index in [4.69, 9.17) is 16.3 Å². The van der Waals surface area contributed by atoms with Gasteiger partial charge in [0.2, 0.25) is 5.88 Å². The van der Waals surface area contributed by atoms with Gasteiger partial charge in [-0.25, -0.2) is 9.36 Å². The van der Waals surface area contributed by atoms with E-state index < -0.39 is 23.2 Å². The summed E-state index contributed by atoms with van der Waals surface area (Å²) >= 11 is 7.09. The molecule has 8 heteroatoms. The second-order valence-corrected chi connectivity index (χ2v) is 8.99. The summed E-state index contributed by atoms with van der Waals surface area (Å²) in [6, 6.07) is 13.6. The van der Waals surface area contributed by atoms with Crippen molar-refractivity contribution in [3.05, 3.63) is 92.2 Å². The molecule has 0 radical (unpaired) electrons. The van der Waals surface area contributed by atoms with Crippen LogP contribution < -0.4 is 5.56 Å². The number of thioether (sulfide) groups is 1. The van der Waals surface area contributed by atoms with E-state index in [0.29, 0.717) is 10.8 Å². The van der Waals surface area contributed by atoms with Crippen LogP contribution in [0, 0.1) is 6.92 Å². The number of benzene rings is 2. The minimum atomic E-state index is -0.824. The molecule has 1 heterocycles. The Balaban J connectivity index is 2.28. The summed E-state index contributed by atoms with van der Waals surface area (Å²) in [6.45, 7) is 5.47. The highest BCUT2D eigenvalue weighted by molar-refractivity contribution is 7.99. The third-order valence-corrected chi connectivity index (χ3v) is 6.15. The molecule has 0 bridgehead atoms. The topological polar surface area (TPSA) is 85.6 Å². The largest absolute Gasteiger partial charge is 0.493 e. The molecule has 0 atom stereocenters. The van der Waals surface area contributed by atoms with Gasteiger partial charge in [0, 0.05) is 9.92 Å². The summed E-state index contributed by atoms with van der Waals surface area (Å²) in [6.07, 6.45) is 2.89. The third kappa shape index (κ3) is 5.43. The molecular weight excluding hydrogens is 474 g/mol. The first-order chi connectivity index (χ1) is 16.3. The van der Waals surface area contributed by atoms with Crippen molar-refractivity contribution in [3.8, 4) is 11.6 Å². The summed E-state index contributed by atoms with van der Waals surface area (Å²) in [5, 5.41) is 11.5. The number of hydrogen-bond acceptors (Lipinski definition) is 6. The molecule has 0 saturated heterocycles. The van der Waals surface area contributed by atoms with Gasteiger partial charge in [-0.3, -0.25) is 9.59 Å². The minimum Gasteiger partial charge on any atom is -0.493 e. The highest BCUT2D eigenvalue weighted by Crippen LogP contribution is 2.34. The highest BCUT2D eigenvalue weighted by Gasteiger charge is 2.30. The molecule has 0 spiro atoms. The zero-order valence-corrected chi connectivity index (χ0v) is 20.6. The standard InChI is InChI=1S/C26H24ClNO5S/c1-4-33-26(32)22-23(34-5-2)21(20(29)15-10-17-8-6-16(3)7-9-17)24(30)28(25(22)31)19-13-11-18(27)12-14-19/h6-15,31H,4-5H2,1-3H3/b15-10+. The maximum Gasteiger partial charge on any atom is 0.344 e. The van der Waals surface area contributed by atoms with Crippen LogP contribution in [0.2, 0.25) is 5.02 Å². The number of aromatic hydroxyl groups is 1. The lowest BCUT2D eigenvalue weighted by molar-refractivity contribution is 0.0517. The van der Waals surface area contributed by atoms with Crippen molar-refractivity contribution >= 4 is 41.2 Å². The summed E-state index contributed by atoms with van der Waals surface area (Å²) in [5.41, 5.74) is 0.922. The van der Waals surface area contributed by atoms with Gasteiger partial charge in [-0.1, -0.05) is 54.4 Å². The Labute approximate surface area is 206 Å². The lowest BCUT2D eigenvalue weighted by atomic mass is 10.1. The van der Waals surface area contributed by atoms with Gasteiger partial charge in [-0.05, 0) is 55.5 Å². The number of halogens is 1. The maximum absolute atomic E-state index is 13.6. The lowest BCUT2D eigenvalue weighted by Crippen LogP contribution is -2.29. The van der Waals surface area contributed by atoms with E-state index in [-0.39, 0.29) is 28.3 Å². The Bertz CT molecular complexity index is 1290. The number of ketones is 1. The number of aromatic nitrogens is 1. The zero-order chi connectivity index (χ0) is 24.8. The molecule has 34 heavy (non-hydrogen) atoms. The average molecular weight is 498 g/mol. The number of nitrogens with zero attached hydrogens (tertiary/aromatic N) is 1. The summed E-state index contributed by atoms with van der Waals surface area (Å²) in [7, 11) is 0. The van der Waals surface area contributed by atoms with E-state index in [1.54, 1.807) is 25.1 Å². The zero-order valence-electron chi connectivity index (χ0n) is 19.0. The van der Waals surface area contributed by atoms with Gasteiger partial charge in [-0.15, -0.1) is 11.8 Å². The number of hydrogen-bond donors (Lipinski definition) is 1. The van der Waals surface area contributed by atoms with Crippen molar-refractivity contribution < 1.29 is 19.4 Å². The minimum absolute atomic E-state index is 0.0607. The third-order valence-electron chi connectivity index (χ3n) is 4.91. The van der Waals surface area contributed by atoms with Crippen LogP contribution in [0.5, 0.6) is 5.88 Å². The Morgan fingerprint density at radius 2 is 1.71 bits per heavy atom. The summed E-state index contributed by atoms with van der Waals surface area (Å²) in [4.78, 5) is 39.8. The Morgan fingerprint density at radius 3 is 2.29 bits per heavy atom. The number of ether oxygens (including phenoxy) is 1. The van der Waals surface area contributed by atoms with Gasteiger partial charge >= 0.3 is 5.97 Å². The van der Waals surface area contributed by atoms with Crippen LogP contribution >= 0.6 is 23.4 Å². The summed E-state index contributed by atoms with van der Waals surface area (Å²) in [5.74, 6) is -1.55. The van der Waals surface area contributed by atoms with Gasteiger partial charge in [0.05, 0.1) is 12.3 Å². The molecular formula is C26H24ClNO5S. The smallest absolute Gasteiger partial charge is 0.344 e. The lowest BCUT2D eigenvalue weighted by Gasteiger charge is -2.18. The Kier molecular flexibility index (Phi) is 8.36. The SMILES string of the molecule is CCOC(=O)c1c(SCC)c(C(=O)/C=C/c2ccc(C)cc2)c(=O)n(-c2ccc(Cl)cc2)c1O. The fourth-order valence-corrected chi connectivity index (χ4v) is 4.37. The van der Waals surface area contributed by atoms with Crippen molar-refractivity contribution in [1.82, 2.24) is 4.57 Å². The maximum atomic E-state index is 13.6. The van der Waals surface area contributed by atoms with Gasteiger partial charge < -0.3 is 9.84 Å². The molecule has 2 aromatic carbocycles. The van der Waals surface area contributed by atoms with Crippen LogP contribution in [0.25, 0.3) is 11.8 Å². The van der Waals surface area contributed by atoms with Crippen molar-refractivity contribution in [2.45, 2.75) is 25.7 Å². The van der Waals surface area contributed by atoms with Crippen molar-refractivity contribution in [2.24, 2.45) is 0 Å². The predicted octanol–water partition coefficient (Wildman–Crippen LogP) is 5.69. The Morgan fingerprint density at radius 1 is 1.06 bits per heavy atom. The monoisotopic (exact) mass is 497 g/mol. The number of carbonyl (C=O) groups excluding carboxylic acids is 2. The van der Waals surface area contributed by atoms with E-state index in [9.17, 15) is 19.5 Å². The number of rotatable bonds is 8. The van der Waals surface area contributed by atoms with Crippen LogP contribution in [0.3, 0.4) is 0 Å². The average Bonchev–Trinajstić information content (AvgIpc) is 2.80. The second-order valence-electron chi connectivity index (χ2n) is 7.28. The number of esters is 1. The number of allylic oxidation sites excluding steroid dienone is 1. The van der Waals surface area contributed by atoms with E-state index >= 15 is 0 Å². The van der Waals surface area contributed by atoms with E-state index in [2.05, 4.69) is 0 Å². The molecule has 0 amide bonds. The van der Waals surface area contributed by atoms with Crippen LogP contribution in [-0.2, 0) is 4.74 Å². The molecule has 0 unspecified atom stereocenters. The van der Waals surface area contributed by atoms with Gasteiger partial charge in [-0.2, -0.15) is 0 Å². The van der Waals surface area contributed by atoms with Gasteiger partial charge in [0.25, 0.3) is 5.56 Å². The molecule has 0 aliphatic rings. The van der Waals surface area contributed by atoms with Crippen LogP contribution in [0.1, 0.15) is 45.7 Å². The van der Waals surface area contributed by atoms with Gasteiger partial charge in [0.15, 0.2) is 5.78 Å². The quantitative estimate of drug-likeness (QED) is 0.186. The fraction of sp³-hybridized carbons (Fsp3) is 0.192. The fourth-order valence-electron chi connectivity index (χ4n) is 3.30. The first-order valence-electron chi connectivity index (χ1n) is 10.6. The van der Waals surface area contributed by atoms with Crippen molar-refractivity contribution in [3.63, 3.8) is 0 Å². The van der Waals surface area contributed by atoms with Crippen LogP contribution in [0.15, 0.2) is 64.3 Å². The van der Waals surface area contributed by atoms with Crippen LogP contribution in [0.4, 0.5) is 0 Å². The summed E-state index contributed by atoms with van der Waals surface area (Å²) < 4.78 is 6.07. The van der Waals surface area contributed by atoms with Crippen molar-refractivity contribution in [1.29, 1.82) is 0 Å². The highest BCUT2D eigenvalue weighted by atomic mass is 35.5. The predicted molar refractivity (Wildman–Crippen MR) is 136 cm³/mol. The molecule has 3 aromatic rings. The number of aryl methyl sites for hydroxylation is 1. The molecule has 1 aromatic heterocycles. The van der Waals surface area contributed by atoms with Gasteiger partial charge in [0.1, 0.15) is 11.1 Å². The van der Waals surface area contributed by atoms with E-state index in [1.165, 1.54) is 18.2 Å². The Hall–Kier alpha value is -3.29.